The molecule has 0 saturated carbocycles. The highest BCUT2D eigenvalue weighted by Gasteiger charge is 2.18. The zero-order valence-electron chi connectivity index (χ0n) is 12.7. The summed E-state index contributed by atoms with van der Waals surface area (Å²) in [6.07, 6.45) is 0.953. The fourth-order valence-electron chi connectivity index (χ4n) is 2.78. The summed E-state index contributed by atoms with van der Waals surface area (Å²) in [5, 5.41) is 3.36. The molecular weight excluding hydrogens is 314 g/mol. The topological polar surface area (TPSA) is 55.4 Å². The number of carbonyl (C=O) groups is 2. The third-order valence-corrected chi connectivity index (χ3v) is 4.06. The van der Waals surface area contributed by atoms with E-state index >= 15 is 0 Å². The minimum Gasteiger partial charge on any atom is -0.496 e. The van der Waals surface area contributed by atoms with E-state index in [4.69, 9.17) is 16.3 Å². The van der Waals surface area contributed by atoms with Crippen LogP contribution in [-0.2, 0) is 28.9 Å². The summed E-state index contributed by atoms with van der Waals surface area (Å²) in [5.41, 5.74) is 3.47. The average molecular weight is 330 g/mol. The molecule has 118 valence electrons. The summed E-state index contributed by atoms with van der Waals surface area (Å²) in [5.74, 6) is 0.724. The second-order valence-electron chi connectivity index (χ2n) is 5.56. The van der Waals surface area contributed by atoms with Gasteiger partial charge < -0.3 is 10.1 Å². The highest BCUT2D eigenvalue weighted by atomic mass is 35.5. The average Bonchev–Trinajstić information content (AvgIpc) is 2.86. The lowest BCUT2D eigenvalue weighted by molar-refractivity contribution is -0.118. The first-order valence-electron chi connectivity index (χ1n) is 7.31. The molecule has 3 rings (SSSR count). The van der Waals surface area contributed by atoms with Gasteiger partial charge in [-0.3, -0.25) is 9.59 Å². The summed E-state index contributed by atoms with van der Waals surface area (Å²) in [6.45, 7) is 0. The van der Waals surface area contributed by atoms with Crippen molar-refractivity contribution in [2.45, 2.75) is 19.3 Å². The lowest BCUT2D eigenvalue weighted by Gasteiger charge is -2.09. The van der Waals surface area contributed by atoms with Crippen molar-refractivity contribution in [2.75, 3.05) is 12.4 Å². The van der Waals surface area contributed by atoms with Crippen LogP contribution in [0.5, 0.6) is 5.75 Å². The summed E-state index contributed by atoms with van der Waals surface area (Å²) in [4.78, 5) is 23.7. The van der Waals surface area contributed by atoms with Crippen molar-refractivity contribution in [3.63, 3.8) is 0 Å². The van der Waals surface area contributed by atoms with Crippen LogP contribution in [0.25, 0.3) is 0 Å². The zero-order chi connectivity index (χ0) is 16.4. The normalized spacial score (nSPS) is 12.7. The highest BCUT2D eigenvalue weighted by molar-refractivity contribution is 6.30. The van der Waals surface area contributed by atoms with Gasteiger partial charge in [0.15, 0.2) is 0 Å². The second kappa shape index (κ2) is 6.42. The van der Waals surface area contributed by atoms with Gasteiger partial charge in [0, 0.05) is 29.1 Å². The van der Waals surface area contributed by atoms with E-state index in [1.807, 2.05) is 18.2 Å². The first kappa shape index (κ1) is 15.6. The fourth-order valence-corrected chi connectivity index (χ4v) is 2.98. The number of methoxy groups -OCH3 is 1. The van der Waals surface area contributed by atoms with Crippen LogP contribution in [0.15, 0.2) is 36.4 Å². The molecule has 0 atom stereocenters. The molecule has 0 saturated heterocycles. The number of ketones is 1. The standard InChI is InChI=1S/C18H16ClNO3/c1-23-17-5-3-14(19)8-13(17)9-15(21)7-11-2-4-16-12(6-11)10-18(22)20-16/h2-6,8H,7,9-10H2,1H3,(H,20,22). The summed E-state index contributed by atoms with van der Waals surface area (Å²) >= 11 is 5.99. The van der Waals surface area contributed by atoms with E-state index in [2.05, 4.69) is 5.32 Å². The molecular formula is C18H16ClNO3. The molecule has 0 aliphatic carbocycles. The summed E-state index contributed by atoms with van der Waals surface area (Å²) in [6, 6.07) is 10.9. The predicted octanol–water partition coefficient (Wildman–Crippen LogP) is 3.20. The van der Waals surface area contributed by atoms with E-state index in [0.717, 1.165) is 22.4 Å². The van der Waals surface area contributed by atoms with Crippen molar-refractivity contribution < 1.29 is 14.3 Å². The molecule has 5 heteroatoms. The van der Waals surface area contributed by atoms with E-state index in [0.29, 0.717) is 23.6 Å². The number of nitrogens with one attached hydrogen (secondary N) is 1. The monoisotopic (exact) mass is 329 g/mol. The molecule has 1 heterocycles. The minimum absolute atomic E-state index is 0.00728. The molecule has 0 spiro atoms. The number of carbonyl (C=O) groups excluding carboxylic acids is 2. The van der Waals surface area contributed by atoms with Gasteiger partial charge in [0.1, 0.15) is 11.5 Å². The predicted molar refractivity (Wildman–Crippen MR) is 89.2 cm³/mol. The van der Waals surface area contributed by atoms with E-state index in [-0.39, 0.29) is 18.1 Å². The van der Waals surface area contributed by atoms with Gasteiger partial charge in [-0.2, -0.15) is 0 Å². The molecule has 0 aromatic heterocycles. The molecule has 2 aromatic carbocycles. The van der Waals surface area contributed by atoms with Gasteiger partial charge in [0.25, 0.3) is 0 Å². The molecule has 1 N–H and O–H groups in total. The smallest absolute Gasteiger partial charge is 0.228 e. The number of anilines is 1. The van der Waals surface area contributed by atoms with Crippen LogP contribution < -0.4 is 10.1 Å². The lowest BCUT2D eigenvalue weighted by atomic mass is 10.00. The Kier molecular flexibility index (Phi) is 4.35. The van der Waals surface area contributed by atoms with Crippen LogP contribution in [0.1, 0.15) is 16.7 Å². The third kappa shape index (κ3) is 3.54. The van der Waals surface area contributed by atoms with Gasteiger partial charge in [-0.25, -0.2) is 0 Å². The Hall–Kier alpha value is -2.33. The molecule has 0 bridgehead atoms. The highest BCUT2D eigenvalue weighted by Crippen LogP contribution is 2.26. The Bertz CT molecular complexity index is 786. The quantitative estimate of drug-likeness (QED) is 0.916. The van der Waals surface area contributed by atoms with Crippen LogP contribution in [0.4, 0.5) is 5.69 Å². The molecule has 1 aliphatic rings. The third-order valence-electron chi connectivity index (χ3n) is 3.83. The molecule has 1 aliphatic heterocycles. The van der Waals surface area contributed by atoms with Gasteiger partial charge in [0.05, 0.1) is 13.5 Å². The van der Waals surface area contributed by atoms with E-state index in [9.17, 15) is 9.59 Å². The Labute approximate surface area is 139 Å². The van der Waals surface area contributed by atoms with Gasteiger partial charge in [-0.15, -0.1) is 0 Å². The fraction of sp³-hybridized carbons (Fsp3) is 0.222. The van der Waals surface area contributed by atoms with Crippen molar-refractivity contribution in [1.82, 2.24) is 0 Å². The van der Waals surface area contributed by atoms with Crippen molar-refractivity contribution in [1.29, 1.82) is 0 Å². The minimum atomic E-state index is -0.00728. The summed E-state index contributed by atoms with van der Waals surface area (Å²) < 4.78 is 5.27. The Morgan fingerprint density at radius 3 is 2.83 bits per heavy atom. The first-order chi connectivity index (χ1) is 11.0. The van der Waals surface area contributed by atoms with Crippen LogP contribution >= 0.6 is 11.6 Å². The number of rotatable bonds is 5. The van der Waals surface area contributed by atoms with Crippen molar-refractivity contribution >= 4 is 29.0 Å². The van der Waals surface area contributed by atoms with Crippen LogP contribution in [0, 0.1) is 0 Å². The number of benzene rings is 2. The van der Waals surface area contributed by atoms with E-state index in [1.165, 1.54) is 0 Å². The van der Waals surface area contributed by atoms with E-state index in [1.54, 1.807) is 25.3 Å². The Morgan fingerprint density at radius 2 is 2.04 bits per heavy atom. The summed E-state index contributed by atoms with van der Waals surface area (Å²) in [7, 11) is 1.57. The Morgan fingerprint density at radius 1 is 1.22 bits per heavy atom. The number of hydrogen-bond donors (Lipinski definition) is 1. The molecule has 2 aromatic rings. The van der Waals surface area contributed by atoms with Crippen molar-refractivity contribution in [3.8, 4) is 5.75 Å². The maximum absolute atomic E-state index is 12.3. The first-order valence-corrected chi connectivity index (χ1v) is 7.68. The number of ether oxygens (including phenoxy) is 1. The number of fused-ring (bicyclic) bond motifs is 1. The van der Waals surface area contributed by atoms with E-state index < -0.39 is 0 Å². The number of hydrogen-bond acceptors (Lipinski definition) is 3. The van der Waals surface area contributed by atoms with Gasteiger partial charge >= 0.3 is 0 Å². The number of amides is 1. The van der Waals surface area contributed by atoms with Gasteiger partial charge in [0.2, 0.25) is 5.91 Å². The molecule has 0 unspecified atom stereocenters. The molecule has 1 amide bonds. The Balaban J connectivity index is 1.72. The SMILES string of the molecule is COc1ccc(Cl)cc1CC(=O)Cc1ccc2c(c1)CC(=O)N2. The molecule has 23 heavy (non-hydrogen) atoms. The van der Waals surface area contributed by atoms with Crippen LogP contribution in [-0.4, -0.2) is 18.8 Å². The molecule has 0 radical (unpaired) electrons. The van der Waals surface area contributed by atoms with Crippen LogP contribution in [0.2, 0.25) is 5.02 Å². The molecule has 4 nitrogen and oxygen atoms in total. The van der Waals surface area contributed by atoms with Crippen molar-refractivity contribution in [3.05, 3.63) is 58.1 Å². The largest absolute Gasteiger partial charge is 0.496 e. The van der Waals surface area contributed by atoms with Crippen molar-refractivity contribution in [2.24, 2.45) is 0 Å². The lowest BCUT2D eigenvalue weighted by Crippen LogP contribution is -2.08. The van der Waals surface area contributed by atoms with Crippen LogP contribution in [0.3, 0.4) is 0 Å². The number of halogens is 1. The second-order valence-corrected chi connectivity index (χ2v) is 6.00. The number of Topliss-reactive ketones (excluding diaryl/α,β-unsaturated/α-hetero) is 1. The maximum atomic E-state index is 12.3. The van der Waals surface area contributed by atoms with Gasteiger partial charge in [-0.05, 0) is 35.4 Å². The molecule has 0 fully saturated rings. The van der Waals surface area contributed by atoms with Gasteiger partial charge in [-0.1, -0.05) is 23.7 Å². The zero-order valence-corrected chi connectivity index (χ0v) is 13.4. The maximum Gasteiger partial charge on any atom is 0.228 e.